The third-order valence-electron chi connectivity index (χ3n) is 3.88. The first-order valence-electron chi connectivity index (χ1n) is 7.80. The molecule has 1 aliphatic rings. The van der Waals surface area contributed by atoms with Crippen molar-refractivity contribution in [2.75, 3.05) is 5.32 Å². The van der Waals surface area contributed by atoms with Crippen molar-refractivity contribution in [1.29, 1.82) is 0 Å². The summed E-state index contributed by atoms with van der Waals surface area (Å²) in [6.07, 6.45) is 0. The summed E-state index contributed by atoms with van der Waals surface area (Å²) < 4.78 is 0. The lowest BCUT2D eigenvalue weighted by Crippen LogP contribution is -2.38. The molecule has 2 amide bonds. The van der Waals surface area contributed by atoms with E-state index in [1.165, 1.54) is 4.90 Å². The third kappa shape index (κ3) is 3.28. The summed E-state index contributed by atoms with van der Waals surface area (Å²) in [6, 6.07) is 13.8. The summed E-state index contributed by atoms with van der Waals surface area (Å²) in [4.78, 5) is 27.0. The van der Waals surface area contributed by atoms with Crippen LogP contribution in [0.15, 0.2) is 54.2 Å². The molecule has 0 atom stereocenters. The Hall–Kier alpha value is -2.30. The molecule has 0 saturated carbocycles. The Morgan fingerprint density at radius 3 is 2.24 bits per heavy atom. The first kappa shape index (κ1) is 17.5. The number of halogens is 2. The normalized spacial score (nSPS) is 14.7. The minimum absolute atomic E-state index is 0.217. The van der Waals surface area contributed by atoms with Crippen LogP contribution in [0.1, 0.15) is 19.4 Å². The molecule has 128 valence electrons. The van der Waals surface area contributed by atoms with E-state index in [2.05, 4.69) is 5.32 Å². The Morgan fingerprint density at radius 2 is 1.64 bits per heavy atom. The number of anilines is 1. The van der Waals surface area contributed by atoms with Crippen LogP contribution in [-0.2, 0) is 9.59 Å². The number of imide groups is 1. The van der Waals surface area contributed by atoms with Gasteiger partial charge in [0.1, 0.15) is 5.70 Å². The monoisotopic (exact) mass is 374 g/mol. The molecule has 25 heavy (non-hydrogen) atoms. The second kappa shape index (κ2) is 6.90. The summed E-state index contributed by atoms with van der Waals surface area (Å²) in [5.74, 6) is -0.743. The molecule has 0 spiro atoms. The number of para-hydroxylation sites is 1. The Balaban J connectivity index is 2.15. The quantitative estimate of drug-likeness (QED) is 0.795. The van der Waals surface area contributed by atoms with E-state index in [0.717, 1.165) is 0 Å². The van der Waals surface area contributed by atoms with Gasteiger partial charge in [0.05, 0.1) is 10.6 Å². The predicted molar refractivity (Wildman–Crippen MR) is 100 cm³/mol. The van der Waals surface area contributed by atoms with Gasteiger partial charge >= 0.3 is 0 Å². The van der Waals surface area contributed by atoms with Crippen molar-refractivity contribution in [3.05, 3.63) is 69.8 Å². The van der Waals surface area contributed by atoms with Crippen molar-refractivity contribution in [2.45, 2.75) is 19.9 Å². The van der Waals surface area contributed by atoms with Crippen LogP contribution in [0, 0.1) is 0 Å². The van der Waals surface area contributed by atoms with E-state index < -0.39 is 0 Å². The van der Waals surface area contributed by atoms with Crippen molar-refractivity contribution in [3.63, 3.8) is 0 Å². The summed E-state index contributed by atoms with van der Waals surface area (Å²) in [5.41, 5.74) is 1.66. The van der Waals surface area contributed by atoms with Crippen molar-refractivity contribution in [1.82, 2.24) is 4.90 Å². The smallest absolute Gasteiger partial charge is 0.278 e. The fourth-order valence-electron chi connectivity index (χ4n) is 2.74. The summed E-state index contributed by atoms with van der Waals surface area (Å²) >= 11 is 12.2. The fourth-order valence-corrected chi connectivity index (χ4v) is 3.24. The molecule has 3 rings (SSSR count). The molecule has 0 bridgehead atoms. The van der Waals surface area contributed by atoms with Gasteiger partial charge in [0.25, 0.3) is 11.8 Å². The highest BCUT2D eigenvalue weighted by Gasteiger charge is 2.41. The second-order valence-corrected chi connectivity index (χ2v) is 6.78. The lowest BCUT2D eigenvalue weighted by molar-refractivity contribution is -0.138. The number of benzene rings is 2. The zero-order valence-electron chi connectivity index (χ0n) is 13.7. The van der Waals surface area contributed by atoms with Crippen LogP contribution in [0.3, 0.4) is 0 Å². The van der Waals surface area contributed by atoms with Gasteiger partial charge in [-0.1, -0.05) is 47.5 Å². The van der Waals surface area contributed by atoms with Crippen LogP contribution in [0.4, 0.5) is 5.69 Å². The van der Waals surface area contributed by atoms with Crippen LogP contribution in [0.25, 0.3) is 5.57 Å². The summed E-state index contributed by atoms with van der Waals surface area (Å²) in [7, 11) is 0. The van der Waals surface area contributed by atoms with Gasteiger partial charge in [-0.3, -0.25) is 14.5 Å². The van der Waals surface area contributed by atoms with Crippen molar-refractivity contribution in [2.24, 2.45) is 0 Å². The van der Waals surface area contributed by atoms with Crippen LogP contribution >= 0.6 is 23.2 Å². The molecule has 1 heterocycles. The molecule has 1 aliphatic heterocycles. The predicted octanol–water partition coefficient (Wildman–Crippen LogP) is 4.59. The molecule has 0 aromatic heterocycles. The zero-order valence-corrected chi connectivity index (χ0v) is 15.2. The average molecular weight is 375 g/mol. The van der Waals surface area contributed by atoms with E-state index in [9.17, 15) is 9.59 Å². The van der Waals surface area contributed by atoms with Gasteiger partial charge in [-0.25, -0.2) is 0 Å². The molecular formula is C19H16Cl2N2O2. The van der Waals surface area contributed by atoms with Gasteiger partial charge in [-0.15, -0.1) is 0 Å². The van der Waals surface area contributed by atoms with Crippen molar-refractivity contribution in [3.8, 4) is 0 Å². The molecule has 0 radical (unpaired) electrons. The fraction of sp³-hybridized carbons (Fsp3) is 0.158. The molecule has 6 heteroatoms. The molecule has 2 aromatic rings. The molecular weight excluding hydrogens is 359 g/mol. The summed E-state index contributed by atoms with van der Waals surface area (Å²) in [5, 5.41) is 3.86. The number of rotatable bonds is 4. The maximum atomic E-state index is 12.9. The second-order valence-electron chi connectivity index (χ2n) is 5.94. The Kier molecular flexibility index (Phi) is 4.84. The molecule has 0 saturated heterocycles. The van der Waals surface area contributed by atoms with Gasteiger partial charge in [0, 0.05) is 22.3 Å². The van der Waals surface area contributed by atoms with E-state index in [-0.39, 0.29) is 29.1 Å². The lowest BCUT2D eigenvalue weighted by atomic mass is 10.0. The van der Waals surface area contributed by atoms with Crippen LogP contribution in [0.5, 0.6) is 0 Å². The molecule has 0 fully saturated rings. The highest BCUT2D eigenvalue weighted by molar-refractivity contribution is 6.41. The number of hydrogen-bond donors (Lipinski definition) is 1. The van der Waals surface area contributed by atoms with Crippen LogP contribution in [-0.4, -0.2) is 22.8 Å². The van der Waals surface area contributed by atoms with Gasteiger partial charge in [-0.05, 0) is 38.1 Å². The standard InChI is InChI=1S/C19H16Cl2N2O2/c1-11(2)23-18(24)16(14-9-8-12(20)10-15(14)21)17(19(23)25)22-13-6-4-3-5-7-13/h3-11,22H,1-2H3. The number of amides is 2. The van der Waals surface area contributed by atoms with Gasteiger partial charge in [0.2, 0.25) is 0 Å². The minimum atomic E-state index is -0.373. The van der Waals surface area contributed by atoms with E-state index in [1.807, 2.05) is 30.3 Å². The number of carbonyl (C=O) groups excluding carboxylic acids is 2. The van der Waals surface area contributed by atoms with E-state index in [4.69, 9.17) is 23.2 Å². The first-order chi connectivity index (χ1) is 11.9. The zero-order chi connectivity index (χ0) is 18.1. The molecule has 4 nitrogen and oxygen atoms in total. The van der Waals surface area contributed by atoms with E-state index >= 15 is 0 Å². The number of nitrogens with zero attached hydrogens (tertiary/aromatic N) is 1. The Labute approximate surface area is 156 Å². The molecule has 2 aromatic carbocycles. The number of nitrogens with one attached hydrogen (secondary N) is 1. The van der Waals surface area contributed by atoms with E-state index in [0.29, 0.717) is 21.3 Å². The highest BCUT2D eigenvalue weighted by atomic mass is 35.5. The third-order valence-corrected chi connectivity index (χ3v) is 4.42. The lowest BCUT2D eigenvalue weighted by Gasteiger charge is -2.19. The topological polar surface area (TPSA) is 49.4 Å². The van der Waals surface area contributed by atoms with Gasteiger partial charge < -0.3 is 5.32 Å². The maximum Gasteiger partial charge on any atom is 0.278 e. The van der Waals surface area contributed by atoms with Gasteiger partial charge in [0.15, 0.2) is 0 Å². The molecule has 0 aliphatic carbocycles. The van der Waals surface area contributed by atoms with Crippen molar-refractivity contribution >= 4 is 46.3 Å². The largest absolute Gasteiger partial charge is 0.350 e. The molecule has 0 unspecified atom stereocenters. The Bertz CT molecular complexity index is 876. The van der Waals surface area contributed by atoms with E-state index in [1.54, 1.807) is 32.0 Å². The molecule has 1 N–H and O–H groups in total. The maximum absolute atomic E-state index is 12.9. The highest BCUT2D eigenvalue weighted by Crippen LogP contribution is 2.36. The van der Waals surface area contributed by atoms with Gasteiger partial charge in [-0.2, -0.15) is 0 Å². The SMILES string of the molecule is CC(C)N1C(=O)C(Nc2ccccc2)=C(c2ccc(Cl)cc2Cl)C1=O. The number of carbonyl (C=O) groups is 2. The first-order valence-corrected chi connectivity index (χ1v) is 8.55. The summed E-state index contributed by atoms with van der Waals surface area (Å²) in [6.45, 7) is 3.59. The Morgan fingerprint density at radius 1 is 0.960 bits per heavy atom. The average Bonchev–Trinajstić information content (AvgIpc) is 2.79. The van der Waals surface area contributed by atoms with Crippen molar-refractivity contribution < 1.29 is 9.59 Å². The van der Waals surface area contributed by atoms with Crippen LogP contribution < -0.4 is 5.32 Å². The van der Waals surface area contributed by atoms with Crippen LogP contribution in [0.2, 0.25) is 10.0 Å². The minimum Gasteiger partial charge on any atom is -0.350 e. The number of hydrogen-bond acceptors (Lipinski definition) is 3.